The van der Waals surface area contributed by atoms with Crippen LogP contribution in [0.5, 0.6) is 0 Å². The Morgan fingerprint density at radius 3 is 2.89 bits per heavy atom. The number of hydrogen-bond donors (Lipinski definition) is 1. The van der Waals surface area contributed by atoms with Gasteiger partial charge in [0.25, 0.3) is 0 Å². The largest absolute Gasteiger partial charge is 0.350 e. The first-order valence-corrected chi connectivity index (χ1v) is 7.02. The van der Waals surface area contributed by atoms with E-state index in [1.54, 1.807) is 0 Å². The van der Waals surface area contributed by atoms with Crippen LogP contribution in [-0.4, -0.2) is 28.5 Å². The summed E-state index contributed by atoms with van der Waals surface area (Å²) < 4.78 is 2.19. The number of hydrogen-bond acceptors (Lipinski definition) is 3. The fraction of sp³-hybridized carbons (Fsp3) is 0.533. The van der Waals surface area contributed by atoms with Crippen molar-refractivity contribution in [2.24, 2.45) is 0 Å². The fourth-order valence-electron chi connectivity index (χ4n) is 3.08. The van der Waals surface area contributed by atoms with Crippen molar-refractivity contribution < 1.29 is 0 Å². The molecule has 1 aliphatic heterocycles. The number of fused-ring (bicyclic) bond motifs is 1. The van der Waals surface area contributed by atoms with Gasteiger partial charge in [-0.1, -0.05) is 6.07 Å². The first kappa shape index (κ1) is 12.5. The third kappa shape index (κ3) is 2.00. The Bertz CT molecular complexity index is 585. The van der Waals surface area contributed by atoms with Crippen LogP contribution < -0.4 is 10.2 Å². The Balaban J connectivity index is 2.14. The van der Waals surface area contributed by atoms with Gasteiger partial charge >= 0.3 is 0 Å². The van der Waals surface area contributed by atoms with E-state index in [1.807, 2.05) is 13.1 Å². The summed E-state index contributed by atoms with van der Waals surface area (Å²) in [6.45, 7) is 6.57. The smallest absolute Gasteiger partial charge is 0.152 e. The average Bonchev–Trinajstić information content (AvgIpc) is 2.90. The zero-order chi connectivity index (χ0) is 13.5. The lowest BCUT2D eigenvalue weighted by Gasteiger charge is -2.32. The lowest BCUT2D eigenvalue weighted by Crippen LogP contribution is -2.39. The molecule has 0 atom stereocenters. The van der Waals surface area contributed by atoms with Crippen molar-refractivity contribution in [3.63, 3.8) is 0 Å². The zero-order valence-corrected chi connectivity index (χ0v) is 12.0. The summed E-state index contributed by atoms with van der Waals surface area (Å²) in [6.07, 6.45) is 4.58. The van der Waals surface area contributed by atoms with Gasteiger partial charge in [-0.3, -0.25) is 0 Å². The molecule has 0 spiro atoms. The van der Waals surface area contributed by atoms with Crippen LogP contribution >= 0.6 is 0 Å². The van der Waals surface area contributed by atoms with E-state index in [-0.39, 0.29) is 5.54 Å². The topological polar surface area (TPSA) is 32.6 Å². The molecular formula is C15H22N4. The monoisotopic (exact) mass is 258 g/mol. The zero-order valence-electron chi connectivity index (χ0n) is 12.0. The van der Waals surface area contributed by atoms with Crippen LogP contribution in [0.4, 0.5) is 5.82 Å². The minimum atomic E-state index is 0.209. The second kappa shape index (κ2) is 4.53. The summed E-state index contributed by atoms with van der Waals surface area (Å²) in [5.41, 5.74) is 2.50. The van der Waals surface area contributed by atoms with Crippen LogP contribution in [-0.2, 0) is 6.54 Å². The van der Waals surface area contributed by atoms with Crippen molar-refractivity contribution in [3.8, 4) is 0 Å². The number of anilines is 1. The molecule has 19 heavy (non-hydrogen) atoms. The highest BCUT2D eigenvalue weighted by Crippen LogP contribution is 2.35. The lowest BCUT2D eigenvalue weighted by molar-refractivity contribution is 0.513. The summed E-state index contributed by atoms with van der Waals surface area (Å²) in [5, 5.41) is 3.27. The predicted octanol–water partition coefficient (Wildman–Crippen LogP) is 2.43. The second-order valence-electron chi connectivity index (χ2n) is 5.91. The normalized spacial score (nSPS) is 18.4. The molecule has 1 saturated heterocycles. The van der Waals surface area contributed by atoms with E-state index in [0.717, 1.165) is 24.6 Å². The molecule has 0 aromatic carbocycles. The van der Waals surface area contributed by atoms with Crippen LogP contribution in [0.3, 0.4) is 0 Å². The van der Waals surface area contributed by atoms with Crippen molar-refractivity contribution in [2.75, 3.05) is 18.5 Å². The van der Waals surface area contributed by atoms with Crippen molar-refractivity contribution in [3.05, 3.63) is 30.1 Å². The maximum Gasteiger partial charge on any atom is 0.152 e. The highest BCUT2D eigenvalue weighted by Gasteiger charge is 2.35. The van der Waals surface area contributed by atoms with Crippen LogP contribution in [0.15, 0.2) is 24.4 Å². The van der Waals surface area contributed by atoms with Crippen LogP contribution in [0.1, 0.15) is 32.4 Å². The van der Waals surface area contributed by atoms with Gasteiger partial charge in [0.1, 0.15) is 5.65 Å². The van der Waals surface area contributed by atoms with Gasteiger partial charge in [-0.25, -0.2) is 4.98 Å². The molecule has 0 unspecified atom stereocenters. The highest BCUT2D eigenvalue weighted by molar-refractivity contribution is 5.57. The molecule has 2 aromatic rings. The number of nitrogens with zero attached hydrogens (tertiary/aromatic N) is 3. The molecule has 2 aromatic heterocycles. The van der Waals surface area contributed by atoms with Gasteiger partial charge in [0.05, 0.1) is 5.69 Å². The molecule has 1 aliphatic rings. The molecule has 0 amide bonds. The van der Waals surface area contributed by atoms with Crippen molar-refractivity contribution >= 4 is 11.5 Å². The number of nitrogens with one attached hydrogen (secondary N) is 1. The molecule has 0 saturated carbocycles. The third-order valence-electron chi connectivity index (χ3n) is 4.11. The average molecular weight is 258 g/mol. The van der Waals surface area contributed by atoms with Gasteiger partial charge in [0, 0.05) is 24.8 Å². The molecule has 4 heteroatoms. The van der Waals surface area contributed by atoms with E-state index >= 15 is 0 Å². The van der Waals surface area contributed by atoms with Crippen molar-refractivity contribution in [1.82, 2.24) is 14.7 Å². The maximum atomic E-state index is 4.86. The molecule has 102 valence electrons. The number of rotatable bonds is 3. The number of pyridine rings is 1. The van der Waals surface area contributed by atoms with Gasteiger partial charge in [-0.05, 0) is 45.9 Å². The van der Waals surface area contributed by atoms with Gasteiger partial charge in [-0.15, -0.1) is 0 Å². The van der Waals surface area contributed by atoms with Gasteiger partial charge in [0.2, 0.25) is 0 Å². The fourth-order valence-corrected chi connectivity index (χ4v) is 3.08. The summed E-state index contributed by atoms with van der Waals surface area (Å²) in [6, 6.07) is 6.18. The molecule has 0 radical (unpaired) electrons. The first-order chi connectivity index (χ1) is 9.13. The van der Waals surface area contributed by atoms with Crippen LogP contribution in [0.2, 0.25) is 0 Å². The standard InChI is InChI=1S/C15H22N4/c1-15(2)8-6-10-19(15)14-12(11-16-3)18-9-5-4-7-13(18)17-14/h4-5,7,9,16H,6,8,10-11H2,1-3H3. The molecule has 0 bridgehead atoms. The quantitative estimate of drug-likeness (QED) is 0.918. The number of aromatic nitrogens is 2. The summed E-state index contributed by atoms with van der Waals surface area (Å²) in [5.74, 6) is 1.14. The van der Waals surface area contributed by atoms with Crippen molar-refractivity contribution in [2.45, 2.75) is 38.8 Å². The summed E-state index contributed by atoms with van der Waals surface area (Å²) >= 11 is 0. The van der Waals surface area contributed by atoms with Crippen LogP contribution in [0, 0.1) is 0 Å². The Morgan fingerprint density at radius 1 is 1.37 bits per heavy atom. The molecule has 3 heterocycles. The van der Waals surface area contributed by atoms with E-state index < -0.39 is 0 Å². The Morgan fingerprint density at radius 2 is 2.21 bits per heavy atom. The minimum Gasteiger partial charge on any atom is -0.350 e. The molecule has 4 nitrogen and oxygen atoms in total. The van der Waals surface area contributed by atoms with Gasteiger partial charge in [-0.2, -0.15) is 0 Å². The lowest BCUT2D eigenvalue weighted by atomic mass is 10.0. The van der Waals surface area contributed by atoms with E-state index in [4.69, 9.17) is 4.98 Å². The summed E-state index contributed by atoms with van der Waals surface area (Å²) in [7, 11) is 1.99. The second-order valence-corrected chi connectivity index (χ2v) is 5.91. The first-order valence-electron chi connectivity index (χ1n) is 7.02. The summed E-state index contributed by atoms with van der Waals surface area (Å²) in [4.78, 5) is 7.32. The SMILES string of the molecule is CNCc1c(N2CCCC2(C)C)nc2ccccn12. The van der Waals surface area contributed by atoms with Gasteiger partial charge in [0.15, 0.2) is 5.82 Å². The molecule has 1 fully saturated rings. The van der Waals surface area contributed by atoms with Gasteiger partial charge < -0.3 is 14.6 Å². The molecule has 1 N–H and O–H groups in total. The van der Waals surface area contributed by atoms with E-state index in [9.17, 15) is 0 Å². The van der Waals surface area contributed by atoms with Crippen LogP contribution in [0.25, 0.3) is 5.65 Å². The molecule has 0 aliphatic carbocycles. The Hall–Kier alpha value is -1.55. The molecular weight excluding hydrogens is 236 g/mol. The van der Waals surface area contributed by atoms with E-state index in [0.29, 0.717) is 0 Å². The third-order valence-corrected chi connectivity index (χ3v) is 4.11. The van der Waals surface area contributed by atoms with E-state index in [1.165, 1.54) is 18.5 Å². The number of imidazole rings is 1. The predicted molar refractivity (Wildman–Crippen MR) is 78.6 cm³/mol. The van der Waals surface area contributed by atoms with Crippen molar-refractivity contribution in [1.29, 1.82) is 0 Å². The maximum absolute atomic E-state index is 4.86. The Labute approximate surface area is 114 Å². The van der Waals surface area contributed by atoms with E-state index in [2.05, 4.69) is 46.8 Å². The minimum absolute atomic E-state index is 0.209. The molecule has 3 rings (SSSR count). The Kier molecular flexibility index (Phi) is 2.97. The highest BCUT2D eigenvalue weighted by atomic mass is 15.3.